The number of hydrogen-bond acceptors (Lipinski definition) is 3. The summed E-state index contributed by atoms with van der Waals surface area (Å²) in [5.74, 6) is 1.46. The molecule has 0 radical (unpaired) electrons. The van der Waals surface area contributed by atoms with Gasteiger partial charge in [-0.3, -0.25) is 0 Å². The third-order valence-electron chi connectivity index (χ3n) is 4.72. The van der Waals surface area contributed by atoms with Gasteiger partial charge in [-0.15, -0.1) is 0 Å². The molecule has 1 saturated carbocycles. The molecule has 0 aromatic carbocycles. The zero-order valence-corrected chi connectivity index (χ0v) is 12.4. The highest BCUT2D eigenvalue weighted by Gasteiger charge is 2.30. The van der Waals surface area contributed by atoms with Gasteiger partial charge in [-0.1, -0.05) is 26.2 Å². The second-order valence-corrected chi connectivity index (χ2v) is 6.14. The molecule has 2 rings (SSSR count). The van der Waals surface area contributed by atoms with Crippen LogP contribution < -0.4 is 5.32 Å². The van der Waals surface area contributed by atoms with Crippen molar-refractivity contribution in [3.05, 3.63) is 0 Å². The molecule has 2 fully saturated rings. The minimum absolute atomic E-state index is 0.175. The van der Waals surface area contributed by atoms with Gasteiger partial charge in [0.25, 0.3) is 0 Å². The Bertz CT molecular complexity index is 290. The lowest BCUT2D eigenvalue weighted by atomic mass is 9.92. The predicted molar refractivity (Wildman–Crippen MR) is 76.1 cm³/mol. The minimum atomic E-state index is -0.175. The largest absolute Gasteiger partial charge is 0.453 e. The molecule has 0 aromatic rings. The van der Waals surface area contributed by atoms with Gasteiger partial charge >= 0.3 is 6.09 Å². The van der Waals surface area contributed by atoms with Gasteiger partial charge in [-0.05, 0) is 37.6 Å². The standard InChI is InChI=1S/C15H28N2O2/c1-3-12-8-14(11-17(10-12)15(18)19-2)16-9-13-6-4-5-7-13/h12-14,16H,3-11H2,1-2H3. The monoisotopic (exact) mass is 268 g/mol. The van der Waals surface area contributed by atoms with Crippen LogP contribution in [0.1, 0.15) is 45.4 Å². The van der Waals surface area contributed by atoms with E-state index in [0.29, 0.717) is 12.0 Å². The minimum Gasteiger partial charge on any atom is -0.453 e. The second-order valence-electron chi connectivity index (χ2n) is 6.14. The van der Waals surface area contributed by atoms with E-state index >= 15 is 0 Å². The lowest BCUT2D eigenvalue weighted by Crippen LogP contribution is -2.51. The average molecular weight is 268 g/mol. The van der Waals surface area contributed by atoms with Crippen LogP contribution in [0.5, 0.6) is 0 Å². The van der Waals surface area contributed by atoms with Crippen LogP contribution in [0.15, 0.2) is 0 Å². The Balaban J connectivity index is 1.82. The summed E-state index contributed by atoms with van der Waals surface area (Å²) in [6, 6.07) is 0.443. The van der Waals surface area contributed by atoms with E-state index in [1.807, 2.05) is 4.90 Å². The van der Waals surface area contributed by atoms with E-state index in [2.05, 4.69) is 12.2 Å². The predicted octanol–water partition coefficient (Wildman–Crippen LogP) is 2.63. The van der Waals surface area contributed by atoms with E-state index in [9.17, 15) is 4.79 Å². The molecule has 110 valence electrons. The van der Waals surface area contributed by atoms with Gasteiger partial charge in [0.1, 0.15) is 0 Å². The van der Waals surface area contributed by atoms with Crippen molar-refractivity contribution in [2.45, 2.75) is 51.5 Å². The van der Waals surface area contributed by atoms with Crippen LogP contribution in [0.2, 0.25) is 0 Å². The molecule has 1 amide bonds. The Morgan fingerprint density at radius 3 is 2.63 bits per heavy atom. The fraction of sp³-hybridized carbons (Fsp3) is 0.933. The molecule has 2 atom stereocenters. The molecule has 2 unspecified atom stereocenters. The van der Waals surface area contributed by atoms with Gasteiger partial charge < -0.3 is 15.0 Å². The molecule has 19 heavy (non-hydrogen) atoms. The van der Waals surface area contributed by atoms with E-state index in [1.165, 1.54) is 39.2 Å². The third kappa shape index (κ3) is 4.10. The maximum absolute atomic E-state index is 11.7. The topological polar surface area (TPSA) is 41.6 Å². The Hall–Kier alpha value is -0.770. The van der Waals surface area contributed by atoms with Crippen molar-refractivity contribution >= 4 is 6.09 Å². The maximum atomic E-state index is 11.7. The number of rotatable bonds is 4. The molecular weight excluding hydrogens is 240 g/mol. The van der Waals surface area contributed by atoms with Crippen LogP contribution in [0.25, 0.3) is 0 Å². The molecule has 1 aliphatic heterocycles. The van der Waals surface area contributed by atoms with Gasteiger partial charge in [0.15, 0.2) is 0 Å². The SMILES string of the molecule is CCC1CC(NCC2CCCC2)CN(C(=O)OC)C1. The Morgan fingerprint density at radius 1 is 1.26 bits per heavy atom. The van der Waals surface area contributed by atoms with Crippen molar-refractivity contribution in [1.82, 2.24) is 10.2 Å². The van der Waals surface area contributed by atoms with Crippen molar-refractivity contribution in [1.29, 1.82) is 0 Å². The van der Waals surface area contributed by atoms with Gasteiger partial charge in [-0.25, -0.2) is 4.79 Å². The summed E-state index contributed by atoms with van der Waals surface area (Å²) in [7, 11) is 1.47. The molecule has 4 nitrogen and oxygen atoms in total. The van der Waals surface area contributed by atoms with E-state index in [1.54, 1.807) is 0 Å². The Morgan fingerprint density at radius 2 is 2.00 bits per heavy atom. The Labute approximate surface area is 116 Å². The number of hydrogen-bond donors (Lipinski definition) is 1. The smallest absolute Gasteiger partial charge is 0.409 e. The lowest BCUT2D eigenvalue weighted by Gasteiger charge is -2.37. The normalized spacial score (nSPS) is 28.6. The fourth-order valence-corrected chi connectivity index (χ4v) is 3.47. The van der Waals surface area contributed by atoms with Crippen molar-refractivity contribution in [2.24, 2.45) is 11.8 Å². The van der Waals surface area contributed by atoms with E-state index < -0.39 is 0 Å². The number of piperidine rings is 1. The number of carbonyl (C=O) groups is 1. The first-order valence-electron chi connectivity index (χ1n) is 7.79. The van der Waals surface area contributed by atoms with E-state index in [-0.39, 0.29) is 6.09 Å². The van der Waals surface area contributed by atoms with Crippen LogP contribution >= 0.6 is 0 Å². The van der Waals surface area contributed by atoms with Crippen molar-refractivity contribution < 1.29 is 9.53 Å². The molecule has 1 heterocycles. The second kappa shape index (κ2) is 7.13. The fourth-order valence-electron chi connectivity index (χ4n) is 3.47. The van der Waals surface area contributed by atoms with Gasteiger partial charge in [0, 0.05) is 19.1 Å². The first kappa shape index (κ1) is 14.6. The number of nitrogens with zero attached hydrogens (tertiary/aromatic N) is 1. The van der Waals surface area contributed by atoms with Crippen molar-refractivity contribution in [2.75, 3.05) is 26.7 Å². The number of carbonyl (C=O) groups excluding carboxylic acids is 1. The van der Waals surface area contributed by atoms with E-state index in [4.69, 9.17) is 4.74 Å². The lowest BCUT2D eigenvalue weighted by molar-refractivity contribution is 0.0894. The molecule has 0 aromatic heterocycles. The maximum Gasteiger partial charge on any atom is 0.409 e. The van der Waals surface area contributed by atoms with E-state index in [0.717, 1.165) is 32.0 Å². The molecule has 4 heteroatoms. The summed E-state index contributed by atoms with van der Waals surface area (Å²) in [4.78, 5) is 13.6. The van der Waals surface area contributed by atoms with Crippen LogP contribution in [-0.2, 0) is 4.74 Å². The summed E-state index contributed by atoms with van der Waals surface area (Å²) in [5, 5.41) is 3.69. The summed E-state index contributed by atoms with van der Waals surface area (Å²) < 4.78 is 4.87. The van der Waals surface area contributed by atoms with Crippen molar-refractivity contribution in [3.63, 3.8) is 0 Å². The van der Waals surface area contributed by atoms with Gasteiger partial charge in [0.2, 0.25) is 0 Å². The van der Waals surface area contributed by atoms with Crippen molar-refractivity contribution in [3.8, 4) is 0 Å². The summed E-state index contributed by atoms with van der Waals surface area (Å²) in [6.45, 7) is 4.98. The van der Waals surface area contributed by atoms with Crippen LogP contribution in [0.3, 0.4) is 0 Å². The first-order valence-corrected chi connectivity index (χ1v) is 7.79. The molecule has 1 saturated heterocycles. The number of methoxy groups -OCH3 is 1. The quantitative estimate of drug-likeness (QED) is 0.852. The average Bonchev–Trinajstić information content (AvgIpc) is 2.97. The molecule has 0 bridgehead atoms. The Kier molecular flexibility index (Phi) is 5.49. The molecule has 1 N–H and O–H groups in total. The highest BCUT2D eigenvalue weighted by atomic mass is 16.5. The zero-order chi connectivity index (χ0) is 13.7. The summed E-state index contributed by atoms with van der Waals surface area (Å²) in [6.07, 6.45) is 7.68. The highest BCUT2D eigenvalue weighted by Crippen LogP contribution is 2.25. The number of likely N-dealkylation sites (tertiary alicyclic amines) is 1. The molecular formula is C15H28N2O2. The summed E-state index contributed by atoms with van der Waals surface area (Å²) >= 11 is 0. The van der Waals surface area contributed by atoms with Gasteiger partial charge in [-0.2, -0.15) is 0 Å². The summed E-state index contributed by atoms with van der Waals surface area (Å²) in [5.41, 5.74) is 0. The molecule has 0 spiro atoms. The number of ether oxygens (including phenoxy) is 1. The first-order chi connectivity index (χ1) is 9.22. The zero-order valence-electron chi connectivity index (χ0n) is 12.4. The molecule has 2 aliphatic rings. The van der Waals surface area contributed by atoms with Crippen LogP contribution in [0.4, 0.5) is 4.79 Å². The van der Waals surface area contributed by atoms with Crippen LogP contribution in [-0.4, -0.2) is 43.8 Å². The van der Waals surface area contributed by atoms with Gasteiger partial charge in [0.05, 0.1) is 7.11 Å². The third-order valence-corrected chi connectivity index (χ3v) is 4.72. The number of nitrogens with one attached hydrogen (secondary N) is 1. The highest BCUT2D eigenvalue weighted by molar-refractivity contribution is 5.67. The number of amides is 1. The molecule has 1 aliphatic carbocycles. The van der Waals surface area contributed by atoms with Crippen LogP contribution in [0, 0.1) is 11.8 Å².